The summed E-state index contributed by atoms with van der Waals surface area (Å²) < 4.78 is 31.5. The second-order valence-corrected chi connectivity index (χ2v) is 11.1. The predicted molar refractivity (Wildman–Crippen MR) is 150 cm³/mol. The number of nitrogens with one attached hydrogen (secondary N) is 1. The zero-order valence-corrected chi connectivity index (χ0v) is 23.0. The summed E-state index contributed by atoms with van der Waals surface area (Å²) in [6, 6.07) is 8.25. The van der Waals surface area contributed by atoms with Gasteiger partial charge in [0.15, 0.2) is 11.5 Å². The molecule has 1 N–H and O–H groups in total. The first-order valence-electron chi connectivity index (χ1n) is 13.9. The Balaban J connectivity index is 1.10. The van der Waals surface area contributed by atoms with Crippen molar-refractivity contribution in [2.75, 3.05) is 57.8 Å². The van der Waals surface area contributed by atoms with Crippen LogP contribution in [0, 0.1) is 11.7 Å². The molecule has 1 atom stereocenters. The molecule has 212 valence electrons. The average Bonchev–Trinajstić information content (AvgIpc) is 3.70. The highest BCUT2D eigenvalue weighted by Gasteiger charge is 2.27. The molecule has 1 aliphatic carbocycles. The number of ether oxygens (including phenoxy) is 3. The molecule has 0 unspecified atom stereocenters. The highest BCUT2D eigenvalue weighted by atomic mass is 35.5. The average molecular weight is 570 g/mol. The van der Waals surface area contributed by atoms with E-state index in [1.165, 1.54) is 31.3 Å². The number of piperazine rings is 1. The summed E-state index contributed by atoms with van der Waals surface area (Å²) in [4.78, 5) is 25.0. The second kappa shape index (κ2) is 12.1. The van der Waals surface area contributed by atoms with E-state index in [1.54, 1.807) is 6.07 Å². The van der Waals surface area contributed by atoms with Gasteiger partial charge in [-0.25, -0.2) is 14.4 Å². The van der Waals surface area contributed by atoms with Gasteiger partial charge >= 0.3 is 5.97 Å². The summed E-state index contributed by atoms with van der Waals surface area (Å²) in [6.45, 7) is 6.58. The van der Waals surface area contributed by atoms with Gasteiger partial charge in [-0.1, -0.05) is 11.6 Å². The number of nitrogens with zero attached hydrogens (tertiary/aromatic N) is 4. The lowest BCUT2D eigenvalue weighted by Gasteiger charge is -2.35. The Kier molecular flexibility index (Phi) is 8.17. The maximum Gasteiger partial charge on any atom is 0.306 e. The van der Waals surface area contributed by atoms with Crippen molar-refractivity contribution in [3.63, 3.8) is 0 Å². The molecule has 0 radical (unpaired) electrons. The quantitative estimate of drug-likeness (QED) is 0.331. The fourth-order valence-corrected chi connectivity index (χ4v) is 5.25. The largest absolute Gasteiger partial charge is 0.489 e. The number of aromatic nitrogens is 2. The van der Waals surface area contributed by atoms with E-state index in [0.29, 0.717) is 54.1 Å². The van der Waals surface area contributed by atoms with Crippen LogP contribution in [-0.2, 0) is 9.53 Å². The number of esters is 1. The molecule has 6 rings (SSSR count). The molecule has 3 aliphatic rings. The molecule has 40 heavy (non-hydrogen) atoms. The monoisotopic (exact) mass is 569 g/mol. The first-order valence-corrected chi connectivity index (χ1v) is 14.3. The van der Waals surface area contributed by atoms with E-state index in [2.05, 4.69) is 25.1 Å². The molecule has 3 heterocycles. The normalized spacial score (nSPS) is 20.1. The fraction of sp³-hybridized carbons (Fsp3) is 0.483. The number of halogens is 2. The van der Waals surface area contributed by atoms with Gasteiger partial charge in [0.05, 0.1) is 17.1 Å². The van der Waals surface area contributed by atoms with Crippen molar-refractivity contribution in [1.82, 2.24) is 19.8 Å². The number of rotatable bonds is 11. The zero-order chi connectivity index (χ0) is 27.5. The molecular weight excluding hydrogens is 537 g/mol. The van der Waals surface area contributed by atoms with Crippen LogP contribution in [0.2, 0.25) is 5.02 Å². The standard InChI is InChI=1S/C29H33ClFN5O4/c30-23-13-20(3-5-24(23)31)34-29-22-14-26(39-17-19-1-2-19)27(15-25(22)32-18-33-29)38-12-11-35-7-9-36(10-8-35)16-21-4-6-28(37)40-21/h3,5,13-15,18-19,21H,1-2,4,6-12,16-17H2,(H,32,33,34)/t21-/m1/s1. The van der Waals surface area contributed by atoms with Crippen molar-refractivity contribution in [1.29, 1.82) is 0 Å². The van der Waals surface area contributed by atoms with Crippen LogP contribution in [0.15, 0.2) is 36.7 Å². The van der Waals surface area contributed by atoms with Crippen LogP contribution < -0.4 is 14.8 Å². The van der Waals surface area contributed by atoms with E-state index in [4.69, 9.17) is 25.8 Å². The number of carbonyl (C=O) groups is 1. The summed E-state index contributed by atoms with van der Waals surface area (Å²) in [5, 5.41) is 4.02. The Labute approximate surface area is 237 Å². The van der Waals surface area contributed by atoms with E-state index in [1.807, 2.05) is 12.1 Å². The van der Waals surface area contributed by atoms with Gasteiger partial charge in [-0.3, -0.25) is 14.6 Å². The summed E-state index contributed by atoms with van der Waals surface area (Å²) >= 11 is 5.97. The molecule has 1 aromatic heterocycles. The third kappa shape index (κ3) is 6.74. The lowest BCUT2D eigenvalue weighted by atomic mass is 10.2. The molecule has 0 spiro atoms. The Morgan fingerprint density at radius 1 is 1.02 bits per heavy atom. The molecule has 2 aromatic carbocycles. The van der Waals surface area contributed by atoms with Crippen LogP contribution in [0.5, 0.6) is 11.5 Å². The van der Waals surface area contributed by atoms with Crippen molar-refractivity contribution in [2.45, 2.75) is 31.8 Å². The molecular formula is C29H33ClFN5O4. The molecule has 2 saturated heterocycles. The van der Waals surface area contributed by atoms with E-state index >= 15 is 0 Å². The Hall–Kier alpha value is -3.21. The molecule has 11 heteroatoms. The number of anilines is 2. The number of fused-ring (bicyclic) bond motifs is 1. The Morgan fingerprint density at radius 2 is 1.82 bits per heavy atom. The molecule has 2 aliphatic heterocycles. The van der Waals surface area contributed by atoms with Gasteiger partial charge in [-0.2, -0.15) is 0 Å². The van der Waals surface area contributed by atoms with E-state index in [0.717, 1.165) is 51.1 Å². The van der Waals surface area contributed by atoms with Crippen LogP contribution in [0.1, 0.15) is 25.7 Å². The van der Waals surface area contributed by atoms with Crippen LogP contribution in [0.3, 0.4) is 0 Å². The maximum absolute atomic E-state index is 13.6. The topological polar surface area (TPSA) is 89.1 Å². The second-order valence-electron chi connectivity index (χ2n) is 10.7. The molecule has 1 saturated carbocycles. The minimum atomic E-state index is -0.476. The summed E-state index contributed by atoms with van der Waals surface area (Å²) in [5.41, 5.74) is 1.33. The Morgan fingerprint density at radius 3 is 2.58 bits per heavy atom. The third-order valence-corrected chi connectivity index (χ3v) is 7.90. The molecule has 9 nitrogen and oxygen atoms in total. The maximum atomic E-state index is 13.6. The molecule has 0 bridgehead atoms. The number of hydrogen-bond acceptors (Lipinski definition) is 9. The number of carbonyl (C=O) groups excluding carboxylic acids is 1. The van der Waals surface area contributed by atoms with Gasteiger partial charge in [-0.05, 0) is 49.4 Å². The highest BCUT2D eigenvalue weighted by Crippen LogP contribution is 2.37. The van der Waals surface area contributed by atoms with Crippen LogP contribution in [-0.4, -0.2) is 84.3 Å². The third-order valence-electron chi connectivity index (χ3n) is 7.61. The van der Waals surface area contributed by atoms with Crippen LogP contribution >= 0.6 is 11.6 Å². The van der Waals surface area contributed by atoms with Crippen molar-refractivity contribution in [2.24, 2.45) is 5.92 Å². The van der Waals surface area contributed by atoms with Gasteiger partial charge in [0.25, 0.3) is 0 Å². The minimum Gasteiger partial charge on any atom is -0.489 e. The smallest absolute Gasteiger partial charge is 0.306 e. The van der Waals surface area contributed by atoms with Gasteiger partial charge in [0.1, 0.15) is 30.7 Å². The number of cyclic esters (lactones) is 1. The van der Waals surface area contributed by atoms with Gasteiger partial charge in [0, 0.05) is 62.8 Å². The van der Waals surface area contributed by atoms with Gasteiger partial charge in [0.2, 0.25) is 0 Å². The van der Waals surface area contributed by atoms with Crippen LogP contribution in [0.25, 0.3) is 10.9 Å². The Bertz CT molecular complexity index is 1370. The SMILES string of the molecule is O=C1CC[C@H](CN2CCN(CCOc3cc4ncnc(Nc5ccc(F)c(Cl)c5)c4cc3OCC3CC3)CC2)O1. The summed E-state index contributed by atoms with van der Waals surface area (Å²) in [5.74, 6) is 1.91. The van der Waals surface area contributed by atoms with Crippen molar-refractivity contribution in [3.05, 3.63) is 47.5 Å². The highest BCUT2D eigenvalue weighted by molar-refractivity contribution is 6.31. The van der Waals surface area contributed by atoms with E-state index in [9.17, 15) is 9.18 Å². The van der Waals surface area contributed by atoms with Gasteiger partial charge in [-0.15, -0.1) is 0 Å². The lowest BCUT2D eigenvalue weighted by molar-refractivity contribution is -0.142. The summed E-state index contributed by atoms with van der Waals surface area (Å²) in [7, 11) is 0. The molecule has 3 fully saturated rings. The predicted octanol–water partition coefficient (Wildman–Crippen LogP) is 4.66. The van der Waals surface area contributed by atoms with Crippen LogP contribution in [0.4, 0.5) is 15.9 Å². The number of hydrogen-bond donors (Lipinski definition) is 1. The van der Waals surface area contributed by atoms with Crippen molar-refractivity contribution in [3.8, 4) is 11.5 Å². The van der Waals surface area contributed by atoms with Crippen molar-refractivity contribution < 1.29 is 23.4 Å². The number of benzene rings is 2. The summed E-state index contributed by atoms with van der Waals surface area (Å²) in [6.07, 6.45) is 5.25. The fourth-order valence-electron chi connectivity index (χ4n) is 5.07. The van der Waals surface area contributed by atoms with E-state index in [-0.39, 0.29) is 17.1 Å². The zero-order valence-electron chi connectivity index (χ0n) is 22.3. The minimum absolute atomic E-state index is 0.0354. The molecule has 3 aromatic rings. The van der Waals surface area contributed by atoms with Gasteiger partial charge < -0.3 is 19.5 Å². The molecule has 0 amide bonds. The van der Waals surface area contributed by atoms with Crippen molar-refractivity contribution >= 4 is 40.0 Å². The van der Waals surface area contributed by atoms with E-state index < -0.39 is 5.82 Å². The lowest BCUT2D eigenvalue weighted by Crippen LogP contribution is -2.49. The first kappa shape index (κ1) is 27.0. The first-order chi connectivity index (χ1) is 19.5.